The Morgan fingerprint density at radius 3 is 2.50 bits per heavy atom. The van der Waals surface area contributed by atoms with Crippen molar-refractivity contribution in [2.75, 3.05) is 6.54 Å². The van der Waals surface area contributed by atoms with Gasteiger partial charge in [0.1, 0.15) is 17.1 Å². The van der Waals surface area contributed by atoms with Crippen LogP contribution in [0.5, 0.6) is 0 Å². The fraction of sp³-hybridized carbons (Fsp3) is 0.556. The molecule has 3 heteroatoms. The van der Waals surface area contributed by atoms with Crippen LogP contribution >= 0.6 is 0 Å². The number of aliphatic hydroxyl groups is 1. The highest BCUT2D eigenvalue weighted by Crippen LogP contribution is 2.25. The normalized spacial score (nSPS) is 16.1. The smallest absolute Gasteiger partial charge is 0.107 e. The summed E-state index contributed by atoms with van der Waals surface area (Å²) in [5.41, 5.74) is 5.23. The summed E-state index contributed by atoms with van der Waals surface area (Å²) >= 11 is 0. The van der Waals surface area contributed by atoms with E-state index in [9.17, 15) is 5.11 Å². The number of nitrogens with two attached hydrogens (primary N) is 1. The van der Waals surface area contributed by atoms with Crippen LogP contribution in [-0.2, 0) is 5.60 Å². The SMILES string of the molecule is Cc1cc([C@@](C)(O)CN)c(C)o1. The van der Waals surface area contributed by atoms with Crippen molar-refractivity contribution in [1.82, 2.24) is 0 Å². The van der Waals surface area contributed by atoms with Gasteiger partial charge in [0.15, 0.2) is 0 Å². The third kappa shape index (κ3) is 1.52. The Morgan fingerprint density at radius 2 is 2.17 bits per heavy atom. The van der Waals surface area contributed by atoms with Crippen molar-refractivity contribution in [3.05, 3.63) is 23.2 Å². The van der Waals surface area contributed by atoms with Gasteiger partial charge in [-0.25, -0.2) is 0 Å². The van der Waals surface area contributed by atoms with Gasteiger partial charge >= 0.3 is 0 Å². The monoisotopic (exact) mass is 169 g/mol. The molecule has 1 heterocycles. The molecule has 0 amide bonds. The Kier molecular flexibility index (Phi) is 2.26. The largest absolute Gasteiger partial charge is 0.466 e. The van der Waals surface area contributed by atoms with Crippen molar-refractivity contribution in [1.29, 1.82) is 0 Å². The number of rotatable bonds is 2. The van der Waals surface area contributed by atoms with Gasteiger partial charge in [0.2, 0.25) is 0 Å². The maximum Gasteiger partial charge on any atom is 0.107 e. The van der Waals surface area contributed by atoms with Crippen LogP contribution in [-0.4, -0.2) is 11.7 Å². The summed E-state index contributed by atoms with van der Waals surface area (Å²) in [6.45, 7) is 5.56. The standard InChI is InChI=1S/C9H15NO2/c1-6-4-8(7(2)12-6)9(3,11)5-10/h4,11H,5,10H2,1-3H3/t9-/m0/s1. The van der Waals surface area contributed by atoms with Gasteiger partial charge in [-0.1, -0.05) is 0 Å². The van der Waals surface area contributed by atoms with Crippen LogP contribution in [0.25, 0.3) is 0 Å². The molecule has 1 atom stereocenters. The van der Waals surface area contributed by atoms with Gasteiger partial charge in [-0.15, -0.1) is 0 Å². The quantitative estimate of drug-likeness (QED) is 0.696. The highest BCUT2D eigenvalue weighted by atomic mass is 16.3. The fourth-order valence-electron chi connectivity index (χ4n) is 1.28. The third-order valence-corrected chi connectivity index (χ3v) is 2.02. The zero-order valence-electron chi connectivity index (χ0n) is 7.72. The van der Waals surface area contributed by atoms with Gasteiger partial charge in [0.25, 0.3) is 0 Å². The van der Waals surface area contributed by atoms with Gasteiger partial charge in [-0.3, -0.25) is 0 Å². The molecule has 0 fully saturated rings. The molecule has 0 saturated carbocycles. The van der Waals surface area contributed by atoms with Crippen LogP contribution in [0.1, 0.15) is 24.0 Å². The first-order valence-electron chi connectivity index (χ1n) is 3.97. The first kappa shape index (κ1) is 9.29. The van der Waals surface area contributed by atoms with E-state index in [1.165, 1.54) is 0 Å². The highest BCUT2D eigenvalue weighted by Gasteiger charge is 2.25. The molecule has 0 aliphatic rings. The van der Waals surface area contributed by atoms with Crippen molar-refractivity contribution in [2.24, 2.45) is 5.73 Å². The maximum absolute atomic E-state index is 9.80. The molecule has 0 saturated heterocycles. The molecule has 12 heavy (non-hydrogen) atoms. The summed E-state index contributed by atoms with van der Waals surface area (Å²) in [5, 5.41) is 9.80. The van der Waals surface area contributed by atoms with E-state index in [-0.39, 0.29) is 6.54 Å². The molecule has 0 radical (unpaired) electrons. The van der Waals surface area contributed by atoms with Gasteiger partial charge in [0, 0.05) is 12.1 Å². The molecular weight excluding hydrogens is 154 g/mol. The van der Waals surface area contributed by atoms with E-state index >= 15 is 0 Å². The predicted octanol–water partition coefficient (Wildman–Crippen LogP) is 1.06. The van der Waals surface area contributed by atoms with E-state index in [0.717, 1.165) is 17.1 Å². The van der Waals surface area contributed by atoms with Gasteiger partial charge < -0.3 is 15.3 Å². The first-order chi connectivity index (χ1) is 5.47. The zero-order chi connectivity index (χ0) is 9.35. The highest BCUT2D eigenvalue weighted by molar-refractivity contribution is 5.26. The average Bonchev–Trinajstić information content (AvgIpc) is 2.31. The molecule has 0 bridgehead atoms. The summed E-state index contributed by atoms with van der Waals surface area (Å²) in [5.74, 6) is 1.54. The van der Waals surface area contributed by atoms with E-state index < -0.39 is 5.60 Å². The summed E-state index contributed by atoms with van der Waals surface area (Å²) in [4.78, 5) is 0. The van der Waals surface area contributed by atoms with E-state index in [1.807, 2.05) is 19.9 Å². The second-order valence-corrected chi connectivity index (χ2v) is 3.30. The summed E-state index contributed by atoms with van der Waals surface area (Å²) in [6, 6.07) is 1.82. The lowest BCUT2D eigenvalue weighted by atomic mass is 9.97. The summed E-state index contributed by atoms with van der Waals surface area (Å²) < 4.78 is 5.29. The van der Waals surface area contributed by atoms with E-state index in [1.54, 1.807) is 6.92 Å². The number of aryl methyl sites for hydroxylation is 2. The van der Waals surface area contributed by atoms with Crippen LogP contribution < -0.4 is 5.73 Å². The second kappa shape index (κ2) is 2.92. The van der Waals surface area contributed by atoms with Crippen LogP contribution in [0.3, 0.4) is 0 Å². The molecule has 0 aliphatic carbocycles. The van der Waals surface area contributed by atoms with Crippen molar-refractivity contribution < 1.29 is 9.52 Å². The number of hydrogen-bond acceptors (Lipinski definition) is 3. The van der Waals surface area contributed by atoms with Gasteiger partial charge in [-0.2, -0.15) is 0 Å². The summed E-state index contributed by atoms with van der Waals surface area (Å²) in [7, 11) is 0. The van der Waals surface area contributed by atoms with E-state index in [2.05, 4.69) is 0 Å². The molecule has 1 aromatic rings. The minimum Gasteiger partial charge on any atom is -0.466 e. The second-order valence-electron chi connectivity index (χ2n) is 3.30. The molecule has 1 rings (SSSR count). The lowest BCUT2D eigenvalue weighted by Gasteiger charge is -2.19. The van der Waals surface area contributed by atoms with E-state index in [0.29, 0.717) is 0 Å². The van der Waals surface area contributed by atoms with Gasteiger partial charge in [0.05, 0.1) is 0 Å². The lowest BCUT2D eigenvalue weighted by molar-refractivity contribution is 0.0653. The Morgan fingerprint density at radius 1 is 1.58 bits per heavy atom. The molecule has 68 valence electrons. The number of hydrogen-bond donors (Lipinski definition) is 2. The topological polar surface area (TPSA) is 59.4 Å². The maximum atomic E-state index is 9.80. The minimum atomic E-state index is -0.970. The molecule has 0 aromatic carbocycles. The Hall–Kier alpha value is -0.800. The summed E-state index contributed by atoms with van der Waals surface area (Å²) in [6.07, 6.45) is 0. The van der Waals surface area contributed by atoms with E-state index in [4.69, 9.17) is 10.2 Å². The third-order valence-electron chi connectivity index (χ3n) is 2.02. The van der Waals surface area contributed by atoms with Crippen molar-refractivity contribution in [3.8, 4) is 0 Å². The van der Waals surface area contributed by atoms with Crippen molar-refractivity contribution in [3.63, 3.8) is 0 Å². The molecule has 0 spiro atoms. The Balaban J connectivity index is 3.09. The molecule has 1 aromatic heterocycles. The molecule has 0 aliphatic heterocycles. The molecular formula is C9H15NO2. The predicted molar refractivity (Wildman–Crippen MR) is 46.8 cm³/mol. The Bertz CT molecular complexity index is 276. The molecule has 3 N–H and O–H groups in total. The van der Waals surface area contributed by atoms with Crippen molar-refractivity contribution in [2.45, 2.75) is 26.4 Å². The van der Waals surface area contributed by atoms with Crippen LogP contribution in [0, 0.1) is 13.8 Å². The van der Waals surface area contributed by atoms with Gasteiger partial charge in [-0.05, 0) is 26.8 Å². The Labute approximate surface area is 72.2 Å². The average molecular weight is 169 g/mol. The fourth-order valence-corrected chi connectivity index (χ4v) is 1.28. The van der Waals surface area contributed by atoms with Crippen LogP contribution in [0.4, 0.5) is 0 Å². The molecule has 0 unspecified atom stereocenters. The van der Waals surface area contributed by atoms with Crippen LogP contribution in [0.15, 0.2) is 10.5 Å². The minimum absolute atomic E-state index is 0.201. The van der Waals surface area contributed by atoms with Crippen LogP contribution in [0.2, 0.25) is 0 Å². The zero-order valence-corrected chi connectivity index (χ0v) is 7.72. The first-order valence-corrected chi connectivity index (χ1v) is 3.97. The van der Waals surface area contributed by atoms with Crippen molar-refractivity contribution >= 4 is 0 Å². The lowest BCUT2D eigenvalue weighted by Crippen LogP contribution is -2.31. The number of furan rings is 1. The molecule has 3 nitrogen and oxygen atoms in total.